The van der Waals surface area contributed by atoms with Crippen molar-refractivity contribution < 1.29 is 4.74 Å². The van der Waals surface area contributed by atoms with Crippen LogP contribution in [0.1, 0.15) is 18.2 Å². The zero-order valence-electron chi connectivity index (χ0n) is 12.2. The summed E-state index contributed by atoms with van der Waals surface area (Å²) in [6.07, 6.45) is 0. The Balaban J connectivity index is 2.53. The number of aromatic nitrogens is 2. The minimum Gasteiger partial charge on any atom is -0.378 e. The molecular formula is C15H17Br2N3O. The van der Waals surface area contributed by atoms with Gasteiger partial charge in [0.15, 0.2) is 5.82 Å². The Bertz CT molecular complexity index is 620. The molecule has 0 aliphatic rings. The molecule has 2 rings (SSSR count). The number of methoxy groups -OCH3 is 1. The molecule has 2 aromatic rings. The van der Waals surface area contributed by atoms with Crippen LogP contribution in [0.25, 0.3) is 11.4 Å². The lowest BCUT2D eigenvalue weighted by molar-refractivity contribution is 0.181. The molecular weight excluding hydrogens is 398 g/mol. The van der Waals surface area contributed by atoms with E-state index in [-0.39, 0.29) is 0 Å². The predicted octanol–water partition coefficient (Wildman–Crippen LogP) is 4.56. The number of nitrogens with one attached hydrogen (secondary N) is 1. The molecule has 1 N–H and O–H groups in total. The van der Waals surface area contributed by atoms with Crippen LogP contribution in [0, 0.1) is 6.92 Å². The van der Waals surface area contributed by atoms with E-state index in [1.807, 2.05) is 25.1 Å². The van der Waals surface area contributed by atoms with Crippen molar-refractivity contribution in [3.63, 3.8) is 0 Å². The van der Waals surface area contributed by atoms with Gasteiger partial charge in [0.2, 0.25) is 0 Å². The van der Waals surface area contributed by atoms with Gasteiger partial charge in [-0.25, -0.2) is 9.97 Å². The van der Waals surface area contributed by atoms with E-state index in [1.54, 1.807) is 7.11 Å². The molecule has 0 radical (unpaired) electrons. The van der Waals surface area contributed by atoms with Crippen molar-refractivity contribution in [1.82, 2.24) is 9.97 Å². The van der Waals surface area contributed by atoms with Crippen molar-refractivity contribution in [2.24, 2.45) is 0 Å². The van der Waals surface area contributed by atoms with Gasteiger partial charge < -0.3 is 10.1 Å². The molecule has 112 valence electrons. The topological polar surface area (TPSA) is 47.0 Å². The van der Waals surface area contributed by atoms with E-state index < -0.39 is 0 Å². The first kappa shape index (κ1) is 16.4. The van der Waals surface area contributed by atoms with Crippen LogP contribution < -0.4 is 5.32 Å². The number of rotatable bonds is 5. The Morgan fingerprint density at radius 2 is 2.00 bits per heavy atom. The second kappa shape index (κ2) is 7.33. The van der Waals surface area contributed by atoms with E-state index in [0.29, 0.717) is 12.4 Å². The van der Waals surface area contributed by atoms with Gasteiger partial charge in [0.25, 0.3) is 0 Å². The van der Waals surface area contributed by atoms with Gasteiger partial charge in [0, 0.05) is 23.7 Å². The van der Waals surface area contributed by atoms with Crippen LogP contribution >= 0.6 is 31.9 Å². The van der Waals surface area contributed by atoms with Gasteiger partial charge in [-0.05, 0) is 41.4 Å². The van der Waals surface area contributed by atoms with Crippen molar-refractivity contribution >= 4 is 37.7 Å². The number of ether oxygens (including phenoxy) is 1. The van der Waals surface area contributed by atoms with Gasteiger partial charge in [0.1, 0.15) is 5.82 Å². The normalized spacial score (nSPS) is 10.7. The summed E-state index contributed by atoms with van der Waals surface area (Å²) in [6.45, 7) is 5.31. The lowest BCUT2D eigenvalue weighted by atomic mass is 10.1. The minimum absolute atomic E-state index is 0.432. The van der Waals surface area contributed by atoms with Crippen LogP contribution in [0.3, 0.4) is 0 Å². The molecule has 0 aliphatic carbocycles. The zero-order chi connectivity index (χ0) is 15.4. The summed E-state index contributed by atoms with van der Waals surface area (Å²) in [6, 6.07) is 6.11. The van der Waals surface area contributed by atoms with Gasteiger partial charge in [-0.3, -0.25) is 0 Å². The van der Waals surface area contributed by atoms with Crippen LogP contribution in [0.2, 0.25) is 0 Å². The van der Waals surface area contributed by atoms with Crippen molar-refractivity contribution in [1.29, 1.82) is 0 Å². The molecule has 0 spiro atoms. The van der Waals surface area contributed by atoms with Gasteiger partial charge in [-0.15, -0.1) is 0 Å². The maximum atomic E-state index is 5.22. The number of hydrogen-bond donors (Lipinski definition) is 1. The molecule has 0 unspecified atom stereocenters. The van der Waals surface area contributed by atoms with Crippen LogP contribution in [0.15, 0.2) is 27.1 Å². The molecule has 0 saturated heterocycles. The summed E-state index contributed by atoms with van der Waals surface area (Å²) in [5.74, 6) is 1.47. The number of anilines is 1. The Kier molecular flexibility index (Phi) is 5.72. The number of halogens is 2. The molecule has 1 heterocycles. The first-order valence-electron chi connectivity index (χ1n) is 6.62. The molecule has 0 atom stereocenters. The number of hydrogen-bond acceptors (Lipinski definition) is 4. The molecule has 0 fully saturated rings. The number of nitrogens with zero attached hydrogens (tertiary/aromatic N) is 2. The first-order chi connectivity index (χ1) is 10.1. The standard InChI is InChI=1S/C15H17Br2N3O/c1-4-18-15-13(17)12(8-21-3)19-14(20-15)10-6-5-9(2)11(16)7-10/h5-7H,4,8H2,1-3H3,(H,18,19,20). The molecule has 6 heteroatoms. The van der Waals surface area contributed by atoms with Crippen molar-refractivity contribution in [2.45, 2.75) is 20.5 Å². The van der Waals surface area contributed by atoms with Crippen LogP contribution in [0.5, 0.6) is 0 Å². The Labute approximate surface area is 141 Å². The second-order valence-corrected chi connectivity index (χ2v) is 6.23. The second-order valence-electron chi connectivity index (χ2n) is 4.58. The smallest absolute Gasteiger partial charge is 0.161 e. The summed E-state index contributed by atoms with van der Waals surface area (Å²) in [5.41, 5.74) is 2.98. The minimum atomic E-state index is 0.432. The highest BCUT2D eigenvalue weighted by Gasteiger charge is 2.13. The van der Waals surface area contributed by atoms with E-state index in [9.17, 15) is 0 Å². The highest BCUT2D eigenvalue weighted by atomic mass is 79.9. The quantitative estimate of drug-likeness (QED) is 0.779. The van der Waals surface area contributed by atoms with E-state index in [0.717, 1.165) is 32.6 Å². The third-order valence-electron chi connectivity index (χ3n) is 2.98. The largest absolute Gasteiger partial charge is 0.378 e. The highest BCUT2D eigenvalue weighted by Crippen LogP contribution is 2.29. The molecule has 0 amide bonds. The maximum absolute atomic E-state index is 5.22. The van der Waals surface area contributed by atoms with Crippen molar-refractivity contribution in [3.05, 3.63) is 38.4 Å². The van der Waals surface area contributed by atoms with Gasteiger partial charge in [-0.2, -0.15) is 0 Å². The van der Waals surface area contributed by atoms with Crippen LogP contribution in [0.4, 0.5) is 5.82 Å². The van der Waals surface area contributed by atoms with Crippen molar-refractivity contribution in [3.8, 4) is 11.4 Å². The fourth-order valence-corrected chi connectivity index (χ4v) is 2.68. The van der Waals surface area contributed by atoms with Gasteiger partial charge in [-0.1, -0.05) is 28.1 Å². The molecule has 0 bridgehead atoms. The molecule has 1 aromatic heterocycles. The fourth-order valence-electron chi connectivity index (χ4n) is 1.87. The fraction of sp³-hybridized carbons (Fsp3) is 0.333. The summed E-state index contributed by atoms with van der Waals surface area (Å²) in [4.78, 5) is 9.20. The summed E-state index contributed by atoms with van der Waals surface area (Å²) in [5, 5.41) is 3.25. The maximum Gasteiger partial charge on any atom is 0.161 e. The number of benzene rings is 1. The summed E-state index contributed by atoms with van der Waals surface area (Å²) >= 11 is 7.09. The lowest BCUT2D eigenvalue weighted by Gasteiger charge is -2.12. The average Bonchev–Trinajstić information content (AvgIpc) is 2.46. The molecule has 0 saturated carbocycles. The lowest BCUT2D eigenvalue weighted by Crippen LogP contribution is -2.07. The van der Waals surface area contributed by atoms with Gasteiger partial charge >= 0.3 is 0 Å². The third kappa shape index (κ3) is 3.81. The Hall–Kier alpha value is -0.980. The molecule has 0 aliphatic heterocycles. The van der Waals surface area contributed by atoms with Crippen molar-refractivity contribution in [2.75, 3.05) is 19.0 Å². The van der Waals surface area contributed by atoms with E-state index in [2.05, 4.69) is 54.1 Å². The molecule has 4 nitrogen and oxygen atoms in total. The molecule has 1 aromatic carbocycles. The summed E-state index contributed by atoms with van der Waals surface area (Å²) < 4.78 is 7.11. The number of aryl methyl sites for hydroxylation is 1. The highest BCUT2D eigenvalue weighted by molar-refractivity contribution is 9.11. The molecule has 21 heavy (non-hydrogen) atoms. The predicted molar refractivity (Wildman–Crippen MR) is 92.5 cm³/mol. The van der Waals surface area contributed by atoms with Gasteiger partial charge in [0.05, 0.1) is 16.8 Å². The first-order valence-corrected chi connectivity index (χ1v) is 8.21. The Morgan fingerprint density at radius 3 is 2.62 bits per heavy atom. The van der Waals surface area contributed by atoms with E-state index >= 15 is 0 Å². The SMILES string of the molecule is CCNc1nc(-c2ccc(C)c(Br)c2)nc(COC)c1Br. The third-order valence-corrected chi connectivity index (χ3v) is 4.66. The van der Waals surface area contributed by atoms with E-state index in [4.69, 9.17) is 4.74 Å². The Morgan fingerprint density at radius 1 is 1.24 bits per heavy atom. The summed E-state index contributed by atoms with van der Waals surface area (Å²) in [7, 11) is 1.66. The monoisotopic (exact) mass is 413 g/mol. The van der Waals surface area contributed by atoms with Crippen LogP contribution in [-0.2, 0) is 11.3 Å². The van der Waals surface area contributed by atoms with Crippen LogP contribution in [-0.4, -0.2) is 23.6 Å². The van der Waals surface area contributed by atoms with E-state index in [1.165, 1.54) is 5.56 Å². The average molecular weight is 415 g/mol. The zero-order valence-corrected chi connectivity index (χ0v) is 15.4.